The van der Waals surface area contributed by atoms with E-state index in [1.54, 1.807) is 35.1 Å². The van der Waals surface area contributed by atoms with E-state index in [2.05, 4.69) is 10.3 Å². The van der Waals surface area contributed by atoms with Crippen LogP contribution < -0.4 is 0 Å². The summed E-state index contributed by atoms with van der Waals surface area (Å²) >= 11 is 0. The second-order valence-electron chi connectivity index (χ2n) is 6.39. The molecule has 0 fully saturated rings. The van der Waals surface area contributed by atoms with Crippen LogP contribution in [0.2, 0.25) is 0 Å². The topological polar surface area (TPSA) is 84.3 Å². The summed E-state index contributed by atoms with van der Waals surface area (Å²) in [6.45, 7) is 2.17. The second-order valence-corrected chi connectivity index (χ2v) is 6.39. The molecule has 27 heavy (non-hydrogen) atoms. The van der Waals surface area contributed by atoms with Crippen molar-refractivity contribution in [3.8, 4) is 28.3 Å². The lowest BCUT2D eigenvalue weighted by Gasteiger charge is -2.10. The Kier molecular flexibility index (Phi) is 4.48. The highest BCUT2D eigenvalue weighted by Gasteiger charge is 2.15. The highest BCUT2D eigenvalue weighted by Crippen LogP contribution is 2.32. The van der Waals surface area contributed by atoms with Crippen molar-refractivity contribution in [2.24, 2.45) is 0 Å². The van der Waals surface area contributed by atoms with Crippen molar-refractivity contribution in [3.63, 3.8) is 0 Å². The summed E-state index contributed by atoms with van der Waals surface area (Å²) in [5.74, 6) is 1.79. The van der Waals surface area contributed by atoms with Crippen LogP contribution in [-0.4, -0.2) is 25.2 Å². The van der Waals surface area contributed by atoms with E-state index >= 15 is 0 Å². The lowest BCUT2D eigenvalue weighted by molar-refractivity contribution is 0.150. The van der Waals surface area contributed by atoms with Gasteiger partial charge in [-0.15, -0.1) is 5.10 Å². The van der Waals surface area contributed by atoms with Crippen LogP contribution in [0.4, 0.5) is 0 Å². The fourth-order valence-electron chi connectivity index (χ4n) is 2.99. The number of aromatic hydroxyl groups is 1. The fraction of sp³-hybridized carbons (Fsp3) is 0.143. The highest BCUT2D eigenvalue weighted by molar-refractivity contribution is 5.79. The Balaban J connectivity index is 1.59. The normalized spacial score (nSPS) is 12.2. The SMILES string of the molecule is Cc1ccc(-c2ccccc2-c2cn(C[C@@H](O)c3ccc(O)cc3)nn2)o1. The Hall–Kier alpha value is -3.38. The van der Waals surface area contributed by atoms with E-state index in [4.69, 9.17) is 4.42 Å². The van der Waals surface area contributed by atoms with Gasteiger partial charge in [-0.1, -0.05) is 41.6 Å². The van der Waals surface area contributed by atoms with Gasteiger partial charge in [-0.2, -0.15) is 0 Å². The van der Waals surface area contributed by atoms with Crippen molar-refractivity contribution < 1.29 is 14.6 Å². The molecule has 4 rings (SSSR count). The quantitative estimate of drug-likeness (QED) is 0.562. The maximum atomic E-state index is 10.4. The van der Waals surface area contributed by atoms with E-state index in [-0.39, 0.29) is 12.3 Å². The van der Waals surface area contributed by atoms with Crippen LogP contribution in [0.25, 0.3) is 22.6 Å². The molecule has 1 atom stereocenters. The Labute approximate surface area is 156 Å². The summed E-state index contributed by atoms with van der Waals surface area (Å²) in [5.41, 5.74) is 3.27. The molecule has 0 aliphatic heterocycles. The van der Waals surface area contributed by atoms with Crippen LogP contribution in [0.3, 0.4) is 0 Å². The van der Waals surface area contributed by atoms with Crippen LogP contribution in [-0.2, 0) is 6.54 Å². The average Bonchev–Trinajstić information content (AvgIpc) is 3.31. The molecule has 0 aliphatic carbocycles. The summed E-state index contributed by atoms with van der Waals surface area (Å²) in [4.78, 5) is 0. The Morgan fingerprint density at radius 1 is 1.00 bits per heavy atom. The van der Waals surface area contributed by atoms with Crippen molar-refractivity contribution in [2.75, 3.05) is 0 Å². The van der Waals surface area contributed by atoms with Gasteiger partial charge in [0, 0.05) is 11.1 Å². The van der Waals surface area contributed by atoms with Gasteiger partial charge in [0.25, 0.3) is 0 Å². The molecule has 0 saturated carbocycles. The number of benzene rings is 2. The number of aryl methyl sites for hydroxylation is 1. The lowest BCUT2D eigenvalue weighted by atomic mass is 10.0. The van der Waals surface area contributed by atoms with Gasteiger partial charge >= 0.3 is 0 Å². The van der Waals surface area contributed by atoms with Crippen molar-refractivity contribution in [1.82, 2.24) is 15.0 Å². The van der Waals surface area contributed by atoms with E-state index in [1.165, 1.54) is 0 Å². The fourth-order valence-corrected chi connectivity index (χ4v) is 2.99. The van der Waals surface area contributed by atoms with E-state index < -0.39 is 6.10 Å². The summed E-state index contributed by atoms with van der Waals surface area (Å²) in [6, 6.07) is 18.2. The van der Waals surface area contributed by atoms with E-state index in [9.17, 15) is 10.2 Å². The molecule has 2 heterocycles. The summed E-state index contributed by atoms with van der Waals surface area (Å²) in [6.07, 6.45) is 1.06. The van der Waals surface area contributed by atoms with Crippen molar-refractivity contribution in [1.29, 1.82) is 0 Å². The van der Waals surface area contributed by atoms with Crippen LogP contribution >= 0.6 is 0 Å². The third kappa shape index (κ3) is 3.61. The van der Waals surface area contributed by atoms with Gasteiger partial charge in [-0.05, 0) is 36.8 Å². The molecular weight excluding hydrogens is 342 g/mol. The zero-order chi connectivity index (χ0) is 18.8. The van der Waals surface area contributed by atoms with Crippen LogP contribution in [0.5, 0.6) is 5.75 Å². The molecule has 0 radical (unpaired) electrons. The molecule has 2 N–H and O–H groups in total. The summed E-state index contributed by atoms with van der Waals surface area (Å²) in [7, 11) is 0. The molecule has 0 amide bonds. The predicted molar refractivity (Wildman–Crippen MR) is 101 cm³/mol. The molecule has 136 valence electrons. The Morgan fingerprint density at radius 2 is 1.74 bits per heavy atom. The van der Waals surface area contributed by atoms with E-state index in [0.717, 1.165) is 22.6 Å². The number of furan rings is 1. The van der Waals surface area contributed by atoms with Crippen LogP contribution in [0.15, 0.2) is 71.3 Å². The maximum absolute atomic E-state index is 10.4. The largest absolute Gasteiger partial charge is 0.508 e. The highest BCUT2D eigenvalue weighted by atomic mass is 16.3. The maximum Gasteiger partial charge on any atom is 0.134 e. The zero-order valence-electron chi connectivity index (χ0n) is 14.8. The number of rotatable bonds is 5. The Bertz CT molecular complexity index is 1050. The summed E-state index contributed by atoms with van der Waals surface area (Å²) < 4.78 is 7.36. The number of aliphatic hydroxyl groups is 1. The third-order valence-electron chi connectivity index (χ3n) is 4.39. The number of hydrogen-bond donors (Lipinski definition) is 2. The van der Waals surface area contributed by atoms with Crippen LogP contribution in [0, 0.1) is 6.92 Å². The molecule has 0 bridgehead atoms. The van der Waals surface area contributed by atoms with Gasteiger partial charge < -0.3 is 14.6 Å². The molecule has 4 aromatic rings. The van der Waals surface area contributed by atoms with Crippen molar-refractivity contribution in [2.45, 2.75) is 19.6 Å². The molecular formula is C21H19N3O3. The first kappa shape index (κ1) is 17.1. The predicted octanol–water partition coefficient (Wildman–Crippen LogP) is 3.95. The first-order chi connectivity index (χ1) is 13.1. The Morgan fingerprint density at radius 3 is 2.44 bits per heavy atom. The minimum Gasteiger partial charge on any atom is -0.508 e. The average molecular weight is 361 g/mol. The number of aromatic nitrogens is 3. The van der Waals surface area contributed by atoms with Gasteiger partial charge in [0.05, 0.1) is 18.8 Å². The van der Waals surface area contributed by atoms with Gasteiger partial charge in [0.2, 0.25) is 0 Å². The standard InChI is InChI=1S/C21H19N3O3/c1-14-6-11-21(27-14)18-5-3-2-4-17(18)19-12-24(23-22-19)13-20(26)15-7-9-16(25)10-8-15/h2-12,20,25-26H,13H2,1H3/t20-/m1/s1. The van der Waals surface area contributed by atoms with Crippen LogP contribution in [0.1, 0.15) is 17.4 Å². The zero-order valence-corrected chi connectivity index (χ0v) is 14.8. The number of phenols is 1. The number of aliphatic hydroxyl groups excluding tert-OH is 1. The second kappa shape index (κ2) is 7.09. The molecule has 6 heteroatoms. The van der Waals surface area contributed by atoms with Gasteiger partial charge in [-0.3, -0.25) is 0 Å². The number of hydrogen-bond acceptors (Lipinski definition) is 5. The van der Waals surface area contributed by atoms with E-state index in [1.807, 2.05) is 43.3 Å². The molecule has 0 spiro atoms. The van der Waals surface area contributed by atoms with Gasteiger partial charge in [0.15, 0.2) is 0 Å². The first-order valence-corrected chi connectivity index (χ1v) is 8.63. The molecule has 2 aromatic heterocycles. The molecule has 0 unspecified atom stereocenters. The van der Waals surface area contributed by atoms with E-state index in [0.29, 0.717) is 11.3 Å². The molecule has 0 aliphatic rings. The molecule has 0 saturated heterocycles. The lowest BCUT2D eigenvalue weighted by Crippen LogP contribution is -2.09. The summed E-state index contributed by atoms with van der Waals surface area (Å²) in [5, 5.41) is 28.2. The number of nitrogens with zero attached hydrogens (tertiary/aromatic N) is 3. The van der Waals surface area contributed by atoms with Gasteiger partial charge in [-0.25, -0.2) is 4.68 Å². The minimum absolute atomic E-state index is 0.166. The minimum atomic E-state index is -0.747. The van der Waals surface area contributed by atoms with Crippen molar-refractivity contribution >= 4 is 0 Å². The number of phenolic OH excluding ortho intramolecular Hbond substituents is 1. The first-order valence-electron chi connectivity index (χ1n) is 8.63. The van der Waals surface area contributed by atoms with Gasteiger partial charge in [0.1, 0.15) is 23.0 Å². The molecule has 6 nitrogen and oxygen atoms in total. The smallest absolute Gasteiger partial charge is 0.134 e. The third-order valence-corrected chi connectivity index (χ3v) is 4.39. The molecule has 2 aromatic carbocycles. The van der Waals surface area contributed by atoms with Crippen molar-refractivity contribution in [3.05, 3.63) is 78.2 Å². The monoisotopic (exact) mass is 361 g/mol.